The summed E-state index contributed by atoms with van der Waals surface area (Å²) in [5.41, 5.74) is 0.803. The molecule has 1 atom stereocenters. The SMILES string of the molecule is CCCC[C@@H](CC)C(=O)N(CCOC)CC(=O)N(Cc1ccc(F)cc1)Cc1ccc(C)o1. The minimum atomic E-state index is -0.327. The van der Waals surface area contributed by atoms with Gasteiger partial charge in [-0.3, -0.25) is 9.59 Å². The topological polar surface area (TPSA) is 63.0 Å². The lowest BCUT2D eigenvalue weighted by Crippen LogP contribution is -2.45. The fraction of sp³-hybridized carbons (Fsp3) is 0.538. The number of unbranched alkanes of at least 4 members (excludes halogenated alkanes) is 1. The van der Waals surface area contributed by atoms with Crippen LogP contribution in [0.1, 0.15) is 56.6 Å². The zero-order valence-electron chi connectivity index (χ0n) is 20.3. The Morgan fingerprint density at radius 3 is 2.36 bits per heavy atom. The van der Waals surface area contributed by atoms with Gasteiger partial charge in [0.1, 0.15) is 17.3 Å². The Morgan fingerprint density at radius 2 is 1.79 bits per heavy atom. The first-order chi connectivity index (χ1) is 15.9. The summed E-state index contributed by atoms with van der Waals surface area (Å²) in [7, 11) is 1.58. The van der Waals surface area contributed by atoms with E-state index in [-0.39, 0.29) is 43.2 Å². The molecule has 0 radical (unpaired) electrons. The molecule has 6 nitrogen and oxygen atoms in total. The molecule has 33 heavy (non-hydrogen) atoms. The van der Waals surface area contributed by atoms with E-state index in [1.54, 1.807) is 29.0 Å². The van der Waals surface area contributed by atoms with Gasteiger partial charge in [0.05, 0.1) is 19.7 Å². The number of benzene rings is 1. The summed E-state index contributed by atoms with van der Waals surface area (Å²) in [6.07, 6.45) is 3.55. The van der Waals surface area contributed by atoms with E-state index in [1.807, 2.05) is 26.0 Å². The van der Waals surface area contributed by atoms with Crippen molar-refractivity contribution < 1.29 is 23.1 Å². The Bertz CT molecular complexity index is 865. The number of ether oxygens (including phenoxy) is 1. The number of nitrogens with zero attached hydrogens (tertiary/aromatic N) is 2. The number of carbonyl (C=O) groups excluding carboxylic acids is 2. The van der Waals surface area contributed by atoms with Crippen molar-refractivity contribution >= 4 is 11.8 Å². The summed E-state index contributed by atoms with van der Waals surface area (Å²) in [6, 6.07) is 9.77. The zero-order chi connectivity index (χ0) is 24.2. The number of hydrogen-bond donors (Lipinski definition) is 0. The molecule has 1 aromatic heterocycles. The molecule has 2 amide bonds. The van der Waals surface area contributed by atoms with E-state index in [0.29, 0.717) is 18.9 Å². The Kier molecular flexibility index (Phi) is 11.1. The second kappa shape index (κ2) is 13.8. The van der Waals surface area contributed by atoms with Crippen LogP contribution in [-0.2, 0) is 27.4 Å². The number of methoxy groups -OCH3 is 1. The van der Waals surface area contributed by atoms with E-state index in [1.165, 1.54) is 12.1 Å². The molecule has 1 heterocycles. The van der Waals surface area contributed by atoms with Crippen LogP contribution in [0, 0.1) is 18.7 Å². The Morgan fingerprint density at radius 1 is 1.06 bits per heavy atom. The highest BCUT2D eigenvalue weighted by Gasteiger charge is 2.26. The summed E-state index contributed by atoms with van der Waals surface area (Å²) < 4.78 is 24.2. The number of amides is 2. The maximum Gasteiger partial charge on any atom is 0.242 e. The van der Waals surface area contributed by atoms with Crippen molar-refractivity contribution in [1.82, 2.24) is 9.80 Å². The fourth-order valence-corrected chi connectivity index (χ4v) is 3.74. The predicted molar refractivity (Wildman–Crippen MR) is 126 cm³/mol. The lowest BCUT2D eigenvalue weighted by Gasteiger charge is -2.29. The summed E-state index contributed by atoms with van der Waals surface area (Å²) >= 11 is 0. The molecular formula is C26H37FN2O4. The molecule has 7 heteroatoms. The van der Waals surface area contributed by atoms with Gasteiger partial charge in [0.25, 0.3) is 0 Å². The Labute approximate surface area is 196 Å². The van der Waals surface area contributed by atoms with Gasteiger partial charge in [-0.25, -0.2) is 4.39 Å². The van der Waals surface area contributed by atoms with Crippen LogP contribution in [0.3, 0.4) is 0 Å². The van der Waals surface area contributed by atoms with Crippen molar-refractivity contribution in [2.75, 3.05) is 26.8 Å². The van der Waals surface area contributed by atoms with E-state index < -0.39 is 0 Å². The summed E-state index contributed by atoms with van der Waals surface area (Å²) in [6.45, 7) is 7.20. The van der Waals surface area contributed by atoms with Crippen molar-refractivity contribution in [2.45, 2.75) is 59.5 Å². The highest BCUT2D eigenvalue weighted by Crippen LogP contribution is 2.18. The lowest BCUT2D eigenvalue weighted by molar-refractivity contribution is -0.144. The van der Waals surface area contributed by atoms with Crippen LogP contribution in [-0.4, -0.2) is 48.4 Å². The highest BCUT2D eigenvalue weighted by molar-refractivity contribution is 5.86. The van der Waals surface area contributed by atoms with Crippen LogP contribution in [0.25, 0.3) is 0 Å². The number of hydrogen-bond acceptors (Lipinski definition) is 4. The maximum atomic E-state index is 13.4. The van der Waals surface area contributed by atoms with Crippen LogP contribution in [0.2, 0.25) is 0 Å². The normalized spacial score (nSPS) is 11.9. The standard InChI is InChI=1S/C26H37FN2O4/c1-5-7-8-22(6-2)26(31)28(15-16-32-4)19-25(30)29(18-24-14-9-20(3)33-24)17-21-10-12-23(27)13-11-21/h9-14,22H,5-8,15-19H2,1-4H3/t22-/m1/s1. The maximum absolute atomic E-state index is 13.4. The molecule has 0 saturated carbocycles. The molecule has 0 aliphatic rings. The van der Waals surface area contributed by atoms with Gasteiger partial charge in [-0.1, -0.05) is 38.8 Å². The molecule has 0 N–H and O–H groups in total. The van der Waals surface area contributed by atoms with Crippen molar-refractivity contribution in [3.05, 3.63) is 59.3 Å². The number of furan rings is 1. The molecular weight excluding hydrogens is 423 g/mol. The quantitative estimate of drug-likeness (QED) is 0.400. The van der Waals surface area contributed by atoms with E-state index in [9.17, 15) is 14.0 Å². The van der Waals surface area contributed by atoms with Crippen molar-refractivity contribution in [3.8, 4) is 0 Å². The van der Waals surface area contributed by atoms with E-state index in [2.05, 4.69) is 6.92 Å². The molecule has 182 valence electrons. The van der Waals surface area contributed by atoms with Gasteiger partial charge in [0, 0.05) is 26.1 Å². The number of rotatable bonds is 14. The minimum absolute atomic E-state index is 0.00748. The van der Waals surface area contributed by atoms with E-state index in [4.69, 9.17) is 9.15 Å². The third-order valence-electron chi connectivity index (χ3n) is 5.73. The molecule has 0 spiro atoms. The number of aryl methyl sites for hydroxylation is 1. The molecule has 0 bridgehead atoms. The molecule has 0 fully saturated rings. The summed E-state index contributed by atoms with van der Waals surface area (Å²) in [4.78, 5) is 29.9. The summed E-state index contributed by atoms with van der Waals surface area (Å²) in [5, 5.41) is 0. The molecule has 2 rings (SSSR count). The Hall–Kier alpha value is -2.67. The van der Waals surface area contributed by atoms with Gasteiger partial charge in [-0.15, -0.1) is 0 Å². The highest BCUT2D eigenvalue weighted by atomic mass is 19.1. The second-order valence-corrected chi connectivity index (χ2v) is 8.39. The van der Waals surface area contributed by atoms with Crippen molar-refractivity contribution in [2.24, 2.45) is 5.92 Å². The van der Waals surface area contributed by atoms with Gasteiger partial charge >= 0.3 is 0 Å². The van der Waals surface area contributed by atoms with Crippen LogP contribution >= 0.6 is 0 Å². The van der Waals surface area contributed by atoms with Crippen LogP contribution < -0.4 is 0 Å². The zero-order valence-corrected chi connectivity index (χ0v) is 20.3. The van der Waals surface area contributed by atoms with Gasteiger partial charge < -0.3 is 19.0 Å². The van der Waals surface area contributed by atoms with Gasteiger partial charge in [-0.2, -0.15) is 0 Å². The number of carbonyl (C=O) groups is 2. The largest absolute Gasteiger partial charge is 0.464 e. The van der Waals surface area contributed by atoms with Crippen molar-refractivity contribution in [3.63, 3.8) is 0 Å². The lowest BCUT2D eigenvalue weighted by atomic mass is 9.97. The number of halogens is 1. The van der Waals surface area contributed by atoms with Crippen LogP contribution in [0.15, 0.2) is 40.8 Å². The van der Waals surface area contributed by atoms with Crippen LogP contribution in [0.4, 0.5) is 4.39 Å². The average molecular weight is 461 g/mol. The average Bonchev–Trinajstić information content (AvgIpc) is 3.22. The minimum Gasteiger partial charge on any atom is -0.464 e. The van der Waals surface area contributed by atoms with Gasteiger partial charge in [-0.05, 0) is 49.6 Å². The molecule has 0 saturated heterocycles. The molecule has 0 aliphatic carbocycles. The molecule has 0 aliphatic heterocycles. The second-order valence-electron chi connectivity index (χ2n) is 8.39. The first-order valence-electron chi connectivity index (χ1n) is 11.7. The van der Waals surface area contributed by atoms with Gasteiger partial charge in [0.15, 0.2) is 0 Å². The third kappa shape index (κ3) is 8.65. The summed E-state index contributed by atoms with van der Waals surface area (Å²) in [5.74, 6) is 0.792. The third-order valence-corrected chi connectivity index (χ3v) is 5.73. The monoisotopic (exact) mass is 460 g/mol. The Balaban J connectivity index is 2.20. The first kappa shape index (κ1) is 26.6. The smallest absolute Gasteiger partial charge is 0.242 e. The molecule has 0 unspecified atom stereocenters. The van der Waals surface area contributed by atoms with Crippen molar-refractivity contribution in [1.29, 1.82) is 0 Å². The van der Waals surface area contributed by atoms with E-state index in [0.717, 1.165) is 37.0 Å². The van der Waals surface area contributed by atoms with Gasteiger partial charge in [0.2, 0.25) is 11.8 Å². The predicted octanol–water partition coefficient (Wildman–Crippen LogP) is 4.95. The molecule has 1 aromatic carbocycles. The fourth-order valence-electron chi connectivity index (χ4n) is 3.74. The molecule has 2 aromatic rings. The van der Waals surface area contributed by atoms with E-state index >= 15 is 0 Å². The first-order valence-corrected chi connectivity index (χ1v) is 11.7. The van der Waals surface area contributed by atoms with Crippen LogP contribution in [0.5, 0.6) is 0 Å².